The van der Waals surface area contributed by atoms with E-state index in [9.17, 15) is 0 Å². The van der Waals surface area contributed by atoms with Crippen molar-refractivity contribution in [3.8, 4) is 0 Å². The van der Waals surface area contributed by atoms with Gasteiger partial charge in [-0.05, 0) is 32.0 Å². The zero-order chi connectivity index (χ0) is 11.3. The highest BCUT2D eigenvalue weighted by Crippen LogP contribution is 2.23. The molecule has 1 aromatic heterocycles. The van der Waals surface area contributed by atoms with E-state index in [0.29, 0.717) is 5.92 Å². The van der Waals surface area contributed by atoms with Crippen molar-refractivity contribution in [3.05, 3.63) is 10.6 Å². The van der Waals surface area contributed by atoms with Gasteiger partial charge in [0.15, 0.2) is 4.77 Å². The first-order valence-electron chi connectivity index (χ1n) is 5.89. The molecule has 0 aromatic carbocycles. The monoisotopic (exact) mass is 227 g/mol. The topological polar surface area (TPSA) is 33.6 Å². The molecule has 0 bridgehead atoms. The quantitative estimate of drug-likeness (QED) is 0.753. The molecule has 1 rings (SSSR count). The van der Waals surface area contributed by atoms with Crippen molar-refractivity contribution in [2.75, 3.05) is 0 Å². The number of aromatic nitrogens is 3. The lowest BCUT2D eigenvalue weighted by atomic mass is 9.98. The average molecular weight is 227 g/mol. The van der Waals surface area contributed by atoms with E-state index < -0.39 is 0 Å². The van der Waals surface area contributed by atoms with Crippen LogP contribution in [0.1, 0.15) is 58.2 Å². The Kier molecular flexibility index (Phi) is 5.02. The van der Waals surface area contributed by atoms with Gasteiger partial charge in [-0.15, -0.1) is 0 Å². The average Bonchev–Trinajstić information content (AvgIpc) is 2.61. The maximum Gasteiger partial charge on any atom is 0.195 e. The standard InChI is InChI=1S/C11H21N3S/c1-4-7-8-9(5-2)10-12-13-11(15)14(10)6-3/h9H,4-8H2,1-3H3,(H,13,15). The van der Waals surface area contributed by atoms with Crippen molar-refractivity contribution in [2.45, 2.75) is 58.9 Å². The summed E-state index contributed by atoms with van der Waals surface area (Å²) in [5, 5.41) is 7.25. The molecule has 1 unspecified atom stereocenters. The van der Waals surface area contributed by atoms with E-state index in [1.54, 1.807) is 0 Å². The molecular formula is C11H21N3S. The maximum absolute atomic E-state index is 5.20. The van der Waals surface area contributed by atoms with Crippen LogP contribution in [-0.4, -0.2) is 14.8 Å². The van der Waals surface area contributed by atoms with E-state index >= 15 is 0 Å². The molecule has 86 valence electrons. The number of nitrogens with zero attached hydrogens (tertiary/aromatic N) is 2. The highest BCUT2D eigenvalue weighted by Gasteiger charge is 2.15. The molecular weight excluding hydrogens is 206 g/mol. The third-order valence-corrected chi connectivity index (χ3v) is 3.18. The molecule has 0 aliphatic rings. The molecule has 0 spiro atoms. The number of rotatable bonds is 6. The minimum atomic E-state index is 0.554. The minimum absolute atomic E-state index is 0.554. The molecule has 3 nitrogen and oxygen atoms in total. The predicted octanol–water partition coefficient (Wildman–Crippen LogP) is 3.64. The van der Waals surface area contributed by atoms with Crippen molar-refractivity contribution >= 4 is 12.2 Å². The summed E-state index contributed by atoms with van der Waals surface area (Å²) in [6.07, 6.45) is 4.86. The Morgan fingerprint density at radius 3 is 2.67 bits per heavy atom. The second kappa shape index (κ2) is 6.05. The van der Waals surface area contributed by atoms with Gasteiger partial charge in [-0.3, -0.25) is 5.10 Å². The first kappa shape index (κ1) is 12.4. The Labute approximate surface area is 96.9 Å². The van der Waals surface area contributed by atoms with Gasteiger partial charge in [-0.2, -0.15) is 5.10 Å². The molecule has 1 N–H and O–H groups in total. The summed E-state index contributed by atoms with van der Waals surface area (Å²) in [5.74, 6) is 1.69. The Morgan fingerprint density at radius 1 is 1.40 bits per heavy atom. The Morgan fingerprint density at radius 2 is 2.13 bits per heavy atom. The number of nitrogens with one attached hydrogen (secondary N) is 1. The van der Waals surface area contributed by atoms with Crippen LogP contribution in [0.4, 0.5) is 0 Å². The number of unbranched alkanes of at least 4 members (excludes halogenated alkanes) is 1. The van der Waals surface area contributed by atoms with Crippen molar-refractivity contribution in [1.29, 1.82) is 0 Å². The summed E-state index contributed by atoms with van der Waals surface area (Å²) in [5.41, 5.74) is 0. The van der Waals surface area contributed by atoms with E-state index in [1.165, 1.54) is 19.3 Å². The zero-order valence-electron chi connectivity index (χ0n) is 9.92. The van der Waals surface area contributed by atoms with Gasteiger partial charge < -0.3 is 4.57 Å². The van der Waals surface area contributed by atoms with Crippen LogP contribution in [0.2, 0.25) is 0 Å². The van der Waals surface area contributed by atoms with Gasteiger partial charge in [0.2, 0.25) is 0 Å². The van der Waals surface area contributed by atoms with Crippen molar-refractivity contribution in [1.82, 2.24) is 14.8 Å². The summed E-state index contributed by atoms with van der Waals surface area (Å²) in [4.78, 5) is 0. The molecule has 15 heavy (non-hydrogen) atoms. The van der Waals surface area contributed by atoms with Gasteiger partial charge in [0.05, 0.1) is 0 Å². The first-order chi connectivity index (χ1) is 7.24. The normalized spacial score (nSPS) is 13.0. The van der Waals surface area contributed by atoms with Crippen LogP contribution < -0.4 is 0 Å². The lowest BCUT2D eigenvalue weighted by Crippen LogP contribution is -2.08. The second-order valence-corrected chi connectivity index (χ2v) is 4.27. The molecule has 4 heteroatoms. The van der Waals surface area contributed by atoms with Gasteiger partial charge in [0.25, 0.3) is 0 Å². The fourth-order valence-electron chi connectivity index (χ4n) is 1.91. The fourth-order valence-corrected chi connectivity index (χ4v) is 2.18. The minimum Gasteiger partial charge on any atom is -0.304 e. The summed E-state index contributed by atoms with van der Waals surface area (Å²) in [7, 11) is 0. The fraction of sp³-hybridized carbons (Fsp3) is 0.818. The van der Waals surface area contributed by atoms with Crippen LogP contribution in [-0.2, 0) is 6.54 Å². The molecule has 0 saturated carbocycles. The highest BCUT2D eigenvalue weighted by molar-refractivity contribution is 7.71. The first-order valence-corrected chi connectivity index (χ1v) is 6.30. The summed E-state index contributed by atoms with van der Waals surface area (Å²) >= 11 is 5.20. The van der Waals surface area contributed by atoms with E-state index in [-0.39, 0.29) is 0 Å². The second-order valence-electron chi connectivity index (χ2n) is 3.88. The van der Waals surface area contributed by atoms with Crippen LogP contribution in [0.5, 0.6) is 0 Å². The lowest BCUT2D eigenvalue weighted by molar-refractivity contribution is 0.514. The molecule has 0 radical (unpaired) electrons. The molecule has 0 amide bonds. The Balaban J connectivity index is 2.86. The Bertz CT molecular complexity index is 340. The molecule has 0 aliphatic heterocycles. The van der Waals surface area contributed by atoms with Crippen LogP contribution in [0.25, 0.3) is 0 Å². The summed E-state index contributed by atoms with van der Waals surface area (Å²) in [6.45, 7) is 7.47. The number of hydrogen-bond donors (Lipinski definition) is 1. The number of hydrogen-bond acceptors (Lipinski definition) is 2. The number of H-pyrrole nitrogens is 1. The van der Waals surface area contributed by atoms with Gasteiger partial charge in [-0.25, -0.2) is 0 Å². The molecule has 1 heterocycles. The molecule has 1 aromatic rings. The zero-order valence-corrected chi connectivity index (χ0v) is 10.7. The van der Waals surface area contributed by atoms with E-state index in [1.807, 2.05) is 0 Å². The maximum atomic E-state index is 5.20. The SMILES string of the molecule is CCCCC(CC)c1n[nH]c(=S)n1CC. The summed E-state index contributed by atoms with van der Waals surface area (Å²) in [6, 6.07) is 0. The van der Waals surface area contributed by atoms with Crippen LogP contribution >= 0.6 is 12.2 Å². The molecule has 0 fully saturated rings. The van der Waals surface area contributed by atoms with Gasteiger partial charge in [0, 0.05) is 12.5 Å². The van der Waals surface area contributed by atoms with Crippen LogP contribution in [0.3, 0.4) is 0 Å². The van der Waals surface area contributed by atoms with Crippen LogP contribution in [0.15, 0.2) is 0 Å². The molecule has 1 atom stereocenters. The predicted molar refractivity (Wildman–Crippen MR) is 65.6 cm³/mol. The lowest BCUT2D eigenvalue weighted by Gasteiger charge is -2.14. The molecule has 0 saturated heterocycles. The van der Waals surface area contributed by atoms with Gasteiger partial charge in [0.1, 0.15) is 5.82 Å². The smallest absolute Gasteiger partial charge is 0.195 e. The van der Waals surface area contributed by atoms with E-state index in [0.717, 1.165) is 23.6 Å². The van der Waals surface area contributed by atoms with Gasteiger partial charge >= 0.3 is 0 Å². The van der Waals surface area contributed by atoms with Crippen molar-refractivity contribution in [2.24, 2.45) is 0 Å². The highest BCUT2D eigenvalue weighted by atomic mass is 32.1. The Hall–Kier alpha value is -0.640. The van der Waals surface area contributed by atoms with Crippen molar-refractivity contribution < 1.29 is 0 Å². The largest absolute Gasteiger partial charge is 0.304 e. The van der Waals surface area contributed by atoms with Crippen LogP contribution in [0, 0.1) is 4.77 Å². The third kappa shape index (κ3) is 2.91. The third-order valence-electron chi connectivity index (χ3n) is 2.87. The number of aromatic amines is 1. The van der Waals surface area contributed by atoms with Crippen molar-refractivity contribution in [3.63, 3.8) is 0 Å². The van der Waals surface area contributed by atoms with E-state index in [4.69, 9.17) is 12.2 Å². The van der Waals surface area contributed by atoms with E-state index in [2.05, 4.69) is 35.5 Å². The van der Waals surface area contributed by atoms with Gasteiger partial charge in [-0.1, -0.05) is 26.7 Å². The molecule has 0 aliphatic carbocycles. The summed E-state index contributed by atoms with van der Waals surface area (Å²) < 4.78 is 2.86.